The van der Waals surface area contributed by atoms with Crippen LogP contribution in [0.2, 0.25) is 0 Å². The van der Waals surface area contributed by atoms with Gasteiger partial charge in [-0.2, -0.15) is 0 Å². The number of carbonyl (C=O) groups is 2. The Labute approximate surface area is 260 Å². The molecule has 44 heavy (non-hydrogen) atoms. The van der Waals surface area contributed by atoms with Gasteiger partial charge >= 0.3 is 11.9 Å². The first-order chi connectivity index (χ1) is 21.4. The zero-order valence-corrected chi connectivity index (χ0v) is 25.5. The fraction of sp³-hybridized carbons (Fsp3) is 0.316. The molecule has 0 bridgehead atoms. The van der Waals surface area contributed by atoms with Crippen LogP contribution in [-0.2, 0) is 22.4 Å². The second-order valence-corrected chi connectivity index (χ2v) is 11.1. The third-order valence-corrected chi connectivity index (χ3v) is 7.59. The van der Waals surface area contributed by atoms with Gasteiger partial charge in [0.25, 0.3) is 0 Å². The van der Waals surface area contributed by atoms with E-state index < -0.39 is 11.9 Å². The molecule has 4 rings (SSSR count). The first kappa shape index (κ1) is 32.3. The molecule has 0 saturated carbocycles. The molecule has 0 spiro atoms. The van der Waals surface area contributed by atoms with Crippen molar-refractivity contribution in [3.05, 3.63) is 108 Å². The predicted octanol–water partition coefficient (Wildman–Crippen LogP) is 8.77. The number of benzene rings is 4. The highest BCUT2D eigenvalue weighted by Crippen LogP contribution is 2.32. The summed E-state index contributed by atoms with van der Waals surface area (Å²) in [6, 6.07) is 31.1. The molecule has 0 saturated heterocycles. The Morgan fingerprint density at radius 2 is 1.27 bits per heavy atom. The molecule has 4 aromatic rings. The topological polar surface area (TPSA) is 93.1 Å². The van der Waals surface area contributed by atoms with Crippen molar-refractivity contribution < 1.29 is 29.3 Å². The van der Waals surface area contributed by atoms with Gasteiger partial charge in [-0.1, -0.05) is 85.1 Å². The van der Waals surface area contributed by atoms with E-state index in [1.165, 1.54) is 11.1 Å². The summed E-state index contributed by atoms with van der Waals surface area (Å²) < 4.78 is 12.1. The standard InChI is InChI=1S/C38H42O6/c1-28-12-9-17-31(24-28)33-25-32(29-13-6-4-7-14-29)26-34(27-33)43-22-8-3-2-5-15-30-16-10-18-36(35(30)20-21-38(41)42)44-23-11-19-37(39)40/h4,6-7,9-10,12-14,16-18,24-27H,2-3,5,8,11,15,19-23H2,1H3,(H,39,40)(H,41,42). The molecule has 0 aliphatic heterocycles. The molecule has 0 unspecified atom stereocenters. The SMILES string of the molecule is Cc1cccc(-c2cc(OCCCCCCc3cccc(OCCCC(=O)O)c3CCC(=O)O)cc(-c3ccccc3)c2)c1. The Morgan fingerprint density at radius 1 is 0.591 bits per heavy atom. The van der Waals surface area contributed by atoms with E-state index >= 15 is 0 Å². The zero-order valence-electron chi connectivity index (χ0n) is 25.5. The number of aliphatic carboxylic acids is 2. The maximum absolute atomic E-state index is 11.3. The minimum absolute atomic E-state index is 0.0247. The number of rotatable bonds is 18. The first-order valence-electron chi connectivity index (χ1n) is 15.5. The van der Waals surface area contributed by atoms with Gasteiger partial charge in [0, 0.05) is 12.8 Å². The van der Waals surface area contributed by atoms with E-state index in [4.69, 9.17) is 14.6 Å². The molecular weight excluding hydrogens is 552 g/mol. The average molecular weight is 595 g/mol. The summed E-state index contributed by atoms with van der Waals surface area (Å²) in [5, 5.41) is 18.1. The second-order valence-electron chi connectivity index (χ2n) is 11.1. The minimum atomic E-state index is -0.855. The van der Waals surface area contributed by atoms with Gasteiger partial charge in [0.1, 0.15) is 11.5 Å². The van der Waals surface area contributed by atoms with Gasteiger partial charge in [-0.05, 0) is 96.7 Å². The lowest BCUT2D eigenvalue weighted by molar-refractivity contribution is -0.138. The zero-order chi connectivity index (χ0) is 31.1. The second kappa shape index (κ2) is 16.9. The van der Waals surface area contributed by atoms with Gasteiger partial charge in [0.05, 0.1) is 13.2 Å². The van der Waals surface area contributed by atoms with E-state index in [0.29, 0.717) is 25.2 Å². The quantitative estimate of drug-likeness (QED) is 0.112. The van der Waals surface area contributed by atoms with Gasteiger partial charge in [-0.25, -0.2) is 0 Å². The monoisotopic (exact) mass is 594 g/mol. The lowest BCUT2D eigenvalue weighted by Gasteiger charge is -2.15. The van der Waals surface area contributed by atoms with Gasteiger partial charge in [0.15, 0.2) is 0 Å². The molecule has 2 N–H and O–H groups in total. The normalized spacial score (nSPS) is 10.8. The van der Waals surface area contributed by atoms with Crippen molar-refractivity contribution in [2.45, 2.75) is 64.7 Å². The van der Waals surface area contributed by atoms with Crippen LogP contribution in [0.1, 0.15) is 61.6 Å². The number of unbranched alkanes of at least 4 members (excludes halogenated alkanes) is 3. The minimum Gasteiger partial charge on any atom is -0.494 e. The highest BCUT2D eigenvalue weighted by molar-refractivity contribution is 5.75. The number of carboxylic acids is 2. The highest BCUT2D eigenvalue weighted by Gasteiger charge is 2.12. The van der Waals surface area contributed by atoms with E-state index in [1.807, 2.05) is 24.3 Å². The van der Waals surface area contributed by atoms with Gasteiger partial charge < -0.3 is 19.7 Å². The summed E-state index contributed by atoms with van der Waals surface area (Å²) in [4.78, 5) is 22.1. The van der Waals surface area contributed by atoms with Crippen LogP contribution in [0.15, 0.2) is 91.0 Å². The average Bonchev–Trinajstić information content (AvgIpc) is 3.02. The van der Waals surface area contributed by atoms with Crippen molar-refractivity contribution in [3.8, 4) is 33.8 Å². The molecule has 0 fully saturated rings. The van der Waals surface area contributed by atoms with Gasteiger partial charge in [-0.3, -0.25) is 9.59 Å². The molecule has 230 valence electrons. The van der Waals surface area contributed by atoms with Crippen LogP contribution in [0, 0.1) is 6.92 Å². The molecule has 4 aromatic carbocycles. The Bertz CT molecular complexity index is 1510. The van der Waals surface area contributed by atoms with Crippen molar-refractivity contribution in [2.24, 2.45) is 0 Å². The summed E-state index contributed by atoms with van der Waals surface area (Å²) in [5.74, 6) is -0.181. The van der Waals surface area contributed by atoms with E-state index in [2.05, 4.69) is 73.7 Å². The number of hydrogen-bond acceptors (Lipinski definition) is 4. The summed E-state index contributed by atoms with van der Waals surface area (Å²) in [7, 11) is 0. The van der Waals surface area contributed by atoms with E-state index in [0.717, 1.165) is 65.7 Å². The van der Waals surface area contributed by atoms with Crippen LogP contribution in [0.3, 0.4) is 0 Å². The molecule has 0 aromatic heterocycles. The van der Waals surface area contributed by atoms with Crippen LogP contribution in [-0.4, -0.2) is 35.4 Å². The van der Waals surface area contributed by atoms with Crippen molar-refractivity contribution in [1.82, 2.24) is 0 Å². The largest absolute Gasteiger partial charge is 0.494 e. The Kier molecular flexibility index (Phi) is 12.4. The van der Waals surface area contributed by atoms with Crippen molar-refractivity contribution >= 4 is 11.9 Å². The molecule has 0 amide bonds. The molecule has 0 heterocycles. The Morgan fingerprint density at radius 3 is 2.02 bits per heavy atom. The van der Waals surface area contributed by atoms with Crippen molar-refractivity contribution in [1.29, 1.82) is 0 Å². The summed E-state index contributed by atoms with van der Waals surface area (Å²) in [5.41, 5.74) is 7.83. The lowest BCUT2D eigenvalue weighted by Crippen LogP contribution is -2.07. The van der Waals surface area contributed by atoms with Crippen LogP contribution in [0.4, 0.5) is 0 Å². The van der Waals surface area contributed by atoms with Gasteiger partial charge in [0.2, 0.25) is 0 Å². The molecule has 0 aliphatic rings. The van der Waals surface area contributed by atoms with Crippen LogP contribution in [0.5, 0.6) is 11.5 Å². The van der Waals surface area contributed by atoms with Crippen LogP contribution >= 0.6 is 0 Å². The van der Waals surface area contributed by atoms with Crippen molar-refractivity contribution in [3.63, 3.8) is 0 Å². The van der Waals surface area contributed by atoms with Crippen molar-refractivity contribution in [2.75, 3.05) is 13.2 Å². The molecular formula is C38H42O6. The maximum atomic E-state index is 11.3. The predicted molar refractivity (Wildman–Crippen MR) is 174 cm³/mol. The first-order valence-corrected chi connectivity index (χ1v) is 15.5. The Hall–Kier alpha value is -4.58. The summed E-state index contributed by atoms with van der Waals surface area (Å²) in [6.45, 7) is 3.03. The smallest absolute Gasteiger partial charge is 0.303 e. The fourth-order valence-corrected chi connectivity index (χ4v) is 5.33. The summed E-state index contributed by atoms with van der Waals surface area (Å²) >= 11 is 0. The molecule has 0 aliphatic carbocycles. The number of ether oxygens (including phenoxy) is 2. The lowest BCUT2D eigenvalue weighted by atomic mass is 9.96. The molecule has 0 radical (unpaired) electrons. The van der Waals surface area contributed by atoms with E-state index in [9.17, 15) is 14.7 Å². The van der Waals surface area contributed by atoms with Crippen LogP contribution < -0.4 is 9.47 Å². The van der Waals surface area contributed by atoms with Crippen LogP contribution in [0.25, 0.3) is 22.3 Å². The summed E-state index contributed by atoms with van der Waals surface area (Å²) in [6.07, 6.45) is 5.67. The number of aryl methyl sites for hydroxylation is 2. The molecule has 6 heteroatoms. The van der Waals surface area contributed by atoms with E-state index in [-0.39, 0.29) is 19.4 Å². The third kappa shape index (κ3) is 10.3. The number of carboxylic acid groups (broad SMARTS) is 2. The highest BCUT2D eigenvalue weighted by atomic mass is 16.5. The maximum Gasteiger partial charge on any atom is 0.303 e. The Balaban J connectivity index is 1.31. The molecule has 0 atom stereocenters. The van der Waals surface area contributed by atoms with E-state index in [1.54, 1.807) is 0 Å². The molecule has 6 nitrogen and oxygen atoms in total. The number of hydrogen-bond donors (Lipinski definition) is 2. The fourth-order valence-electron chi connectivity index (χ4n) is 5.33. The third-order valence-electron chi connectivity index (χ3n) is 7.59. The van der Waals surface area contributed by atoms with Gasteiger partial charge in [-0.15, -0.1) is 0 Å².